The van der Waals surface area contributed by atoms with Gasteiger partial charge in [-0.15, -0.1) is 0 Å². The van der Waals surface area contributed by atoms with E-state index < -0.39 is 23.7 Å². The number of benzene rings is 2. The minimum absolute atomic E-state index is 0.0238. The van der Waals surface area contributed by atoms with Crippen LogP contribution in [0.25, 0.3) is 11.3 Å². The number of aliphatic carboxylic acids is 1. The monoisotopic (exact) mass is 355 g/mol. The van der Waals surface area contributed by atoms with Crippen LogP contribution in [0.15, 0.2) is 54.6 Å². The first-order valence-electron chi connectivity index (χ1n) is 7.58. The maximum absolute atomic E-state index is 13.9. The zero-order valence-corrected chi connectivity index (χ0v) is 13.3. The van der Waals surface area contributed by atoms with E-state index in [1.807, 2.05) is 0 Å². The Morgan fingerprint density at radius 1 is 1.12 bits per heavy atom. The molecule has 3 rings (SSSR count). The zero-order valence-electron chi connectivity index (χ0n) is 13.3. The van der Waals surface area contributed by atoms with E-state index in [0.29, 0.717) is 11.3 Å². The van der Waals surface area contributed by atoms with E-state index >= 15 is 0 Å². The number of carboxylic acids is 1. The molecule has 1 atom stereocenters. The number of aromatic nitrogens is 2. The van der Waals surface area contributed by atoms with E-state index in [4.69, 9.17) is 0 Å². The Morgan fingerprint density at radius 3 is 2.46 bits per heavy atom. The van der Waals surface area contributed by atoms with Gasteiger partial charge in [0.05, 0.1) is 5.69 Å². The van der Waals surface area contributed by atoms with E-state index in [2.05, 4.69) is 15.5 Å². The highest BCUT2D eigenvalue weighted by molar-refractivity contribution is 5.96. The number of hydrogen-bond donors (Lipinski definition) is 4. The van der Waals surface area contributed by atoms with Gasteiger partial charge in [0.15, 0.2) is 6.04 Å². The molecule has 1 amide bonds. The van der Waals surface area contributed by atoms with Gasteiger partial charge in [0.1, 0.15) is 17.3 Å². The van der Waals surface area contributed by atoms with Crippen molar-refractivity contribution in [3.8, 4) is 17.0 Å². The molecular formula is C18H14FN3O4. The smallest absolute Gasteiger partial charge is 0.331 e. The number of halogens is 1. The van der Waals surface area contributed by atoms with Crippen LogP contribution in [0.5, 0.6) is 5.75 Å². The molecule has 0 bridgehead atoms. The SMILES string of the molecule is O=C(N[C@H](C(=O)O)c1ccccc1F)c1cc(-c2ccc(O)cc2)n[nH]1. The summed E-state index contributed by atoms with van der Waals surface area (Å²) < 4.78 is 13.9. The second-order valence-corrected chi connectivity index (χ2v) is 5.48. The molecule has 0 saturated carbocycles. The van der Waals surface area contributed by atoms with Crippen molar-refractivity contribution in [1.82, 2.24) is 15.5 Å². The zero-order chi connectivity index (χ0) is 18.7. The minimum atomic E-state index is -1.54. The molecule has 1 heterocycles. The number of carbonyl (C=O) groups is 2. The van der Waals surface area contributed by atoms with Gasteiger partial charge in [0.2, 0.25) is 0 Å². The van der Waals surface area contributed by atoms with Gasteiger partial charge >= 0.3 is 5.97 Å². The minimum Gasteiger partial charge on any atom is -0.508 e. The molecule has 1 aromatic heterocycles. The predicted molar refractivity (Wildman–Crippen MR) is 89.9 cm³/mol. The number of phenolic OH excluding ortho intramolecular Hbond substituents is 1. The fourth-order valence-electron chi connectivity index (χ4n) is 2.41. The number of nitrogens with zero attached hydrogens (tertiary/aromatic N) is 1. The van der Waals surface area contributed by atoms with Gasteiger partial charge in [-0.05, 0) is 36.4 Å². The van der Waals surface area contributed by atoms with E-state index in [-0.39, 0.29) is 17.0 Å². The fourth-order valence-corrected chi connectivity index (χ4v) is 2.41. The van der Waals surface area contributed by atoms with E-state index in [0.717, 1.165) is 6.07 Å². The number of H-pyrrole nitrogens is 1. The summed E-state index contributed by atoms with van der Waals surface area (Å²) in [5.74, 6) is -2.76. The lowest BCUT2D eigenvalue weighted by Crippen LogP contribution is -2.34. The third-order valence-corrected chi connectivity index (χ3v) is 3.72. The molecule has 0 aliphatic carbocycles. The van der Waals surface area contributed by atoms with E-state index in [1.165, 1.54) is 36.4 Å². The van der Waals surface area contributed by atoms with Crippen molar-refractivity contribution >= 4 is 11.9 Å². The standard InChI is InChI=1S/C18H14FN3O4/c19-13-4-2-1-3-12(13)16(18(25)26)20-17(24)15-9-14(21-22-15)10-5-7-11(23)8-6-10/h1-9,16,23H,(H,20,24)(H,21,22)(H,25,26)/t16-/m0/s1. The van der Waals surface area contributed by atoms with Crippen LogP contribution >= 0.6 is 0 Å². The van der Waals surface area contributed by atoms with Gasteiger partial charge < -0.3 is 15.5 Å². The summed E-state index contributed by atoms with van der Waals surface area (Å²) in [5.41, 5.74) is 0.970. The molecule has 26 heavy (non-hydrogen) atoms. The van der Waals surface area contributed by atoms with Crippen LogP contribution in [0.2, 0.25) is 0 Å². The second kappa shape index (κ2) is 7.06. The molecule has 3 aromatic rings. The summed E-state index contributed by atoms with van der Waals surface area (Å²) >= 11 is 0. The van der Waals surface area contributed by atoms with E-state index in [9.17, 15) is 24.2 Å². The Balaban J connectivity index is 1.82. The molecule has 7 nitrogen and oxygen atoms in total. The Hall–Kier alpha value is -3.68. The van der Waals surface area contributed by atoms with Crippen molar-refractivity contribution < 1.29 is 24.2 Å². The second-order valence-electron chi connectivity index (χ2n) is 5.48. The molecule has 0 spiro atoms. The molecule has 0 fully saturated rings. The topological polar surface area (TPSA) is 115 Å². The number of hydrogen-bond acceptors (Lipinski definition) is 4. The fraction of sp³-hybridized carbons (Fsp3) is 0.0556. The van der Waals surface area contributed by atoms with Gasteiger partial charge in [-0.2, -0.15) is 5.10 Å². The molecule has 0 aliphatic rings. The molecular weight excluding hydrogens is 341 g/mol. The molecule has 0 aliphatic heterocycles. The van der Waals surface area contributed by atoms with Crippen LogP contribution in [0.3, 0.4) is 0 Å². The molecule has 2 aromatic carbocycles. The lowest BCUT2D eigenvalue weighted by Gasteiger charge is -2.14. The van der Waals surface area contributed by atoms with Crippen LogP contribution < -0.4 is 5.32 Å². The molecule has 132 valence electrons. The maximum Gasteiger partial charge on any atom is 0.331 e. The van der Waals surface area contributed by atoms with Crippen molar-refractivity contribution in [3.63, 3.8) is 0 Å². The van der Waals surface area contributed by atoms with Crippen molar-refractivity contribution in [2.75, 3.05) is 0 Å². The molecule has 4 N–H and O–H groups in total. The first kappa shape index (κ1) is 17.2. The van der Waals surface area contributed by atoms with Crippen molar-refractivity contribution in [3.05, 3.63) is 71.7 Å². The van der Waals surface area contributed by atoms with Gasteiger partial charge in [-0.3, -0.25) is 9.89 Å². The number of aromatic hydroxyl groups is 1. The van der Waals surface area contributed by atoms with Gasteiger partial charge in [-0.25, -0.2) is 9.18 Å². The summed E-state index contributed by atoms with van der Waals surface area (Å²) in [6, 6.07) is 11.4. The summed E-state index contributed by atoms with van der Waals surface area (Å²) in [6.45, 7) is 0. The predicted octanol–water partition coefficient (Wildman–Crippen LogP) is 2.48. The van der Waals surface area contributed by atoms with Crippen molar-refractivity contribution in [1.29, 1.82) is 0 Å². The summed E-state index contributed by atoms with van der Waals surface area (Å²) in [4.78, 5) is 23.8. The largest absolute Gasteiger partial charge is 0.508 e. The lowest BCUT2D eigenvalue weighted by atomic mass is 10.1. The Morgan fingerprint density at radius 2 is 1.81 bits per heavy atom. The Labute approximate surface area is 147 Å². The normalized spacial score (nSPS) is 11.7. The number of aromatic amines is 1. The number of phenols is 1. The highest BCUT2D eigenvalue weighted by Crippen LogP contribution is 2.21. The number of rotatable bonds is 5. The number of carbonyl (C=O) groups excluding carboxylic acids is 1. The third-order valence-electron chi connectivity index (χ3n) is 3.72. The average molecular weight is 355 g/mol. The quantitative estimate of drug-likeness (QED) is 0.561. The van der Waals surface area contributed by atoms with Crippen LogP contribution in [0.1, 0.15) is 22.1 Å². The molecule has 0 saturated heterocycles. The van der Waals surface area contributed by atoms with Gasteiger partial charge in [0, 0.05) is 11.1 Å². The van der Waals surface area contributed by atoms with Gasteiger partial charge in [-0.1, -0.05) is 18.2 Å². The highest BCUT2D eigenvalue weighted by Gasteiger charge is 2.26. The van der Waals surface area contributed by atoms with Gasteiger partial charge in [0.25, 0.3) is 5.91 Å². The number of nitrogens with one attached hydrogen (secondary N) is 2. The number of amides is 1. The number of carboxylic acid groups (broad SMARTS) is 1. The summed E-state index contributed by atoms with van der Waals surface area (Å²) in [6.07, 6.45) is 0. The summed E-state index contributed by atoms with van der Waals surface area (Å²) in [5, 5.41) is 27.4. The first-order chi connectivity index (χ1) is 12.5. The van der Waals surface area contributed by atoms with Crippen LogP contribution in [-0.2, 0) is 4.79 Å². The lowest BCUT2D eigenvalue weighted by molar-refractivity contribution is -0.139. The molecule has 0 radical (unpaired) electrons. The van der Waals surface area contributed by atoms with E-state index in [1.54, 1.807) is 12.1 Å². The molecule has 0 unspecified atom stereocenters. The maximum atomic E-state index is 13.9. The Bertz CT molecular complexity index is 953. The highest BCUT2D eigenvalue weighted by atomic mass is 19.1. The summed E-state index contributed by atoms with van der Waals surface area (Å²) in [7, 11) is 0. The third kappa shape index (κ3) is 3.54. The van der Waals surface area contributed by atoms with Crippen LogP contribution in [0, 0.1) is 5.82 Å². The van der Waals surface area contributed by atoms with Crippen LogP contribution in [-0.4, -0.2) is 32.3 Å². The van der Waals surface area contributed by atoms with Crippen LogP contribution in [0.4, 0.5) is 4.39 Å². The van der Waals surface area contributed by atoms with Crippen molar-refractivity contribution in [2.45, 2.75) is 6.04 Å². The Kier molecular flexibility index (Phi) is 4.66. The average Bonchev–Trinajstić information content (AvgIpc) is 3.11. The van der Waals surface area contributed by atoms with Crippen molar-refractivity contribution in [2.24, 2.45) is 0 Å². The molecule has 8 heteroatoms. The first-order valence-corrected chi connectivity index (χ1v) is 7.58.